The van der Waals surface area contributed by atoms with E-state index in [4.69, 9.17) is 0 Å². The summed E-state index contributed by atoms with van der Waals surface area (Å²) in [5, 5.41) is 2.81. The maximum Gasteiger partial charge on any atom is 0.254 e. The third-order valence-corrected chi connectivity index (χ3v) is 3.68. The van der Waals surface area contributed by atoms with Crippen LogP contribution in [0.4, 0.5) is 5.69 Å². The molecule has 5 nitrogen and oxygen atoms in total. The molecule has 0 spiro atoms. The van der Waals surface area contributed by atoms with Crippen molar-refractivity contribution >= 4 is 11.6 Å². The first kappa shape index (κ1) is 15.7. The third-order valence-electron chi connectivity index (χ3n) is 3.68. The number of carbonyl (C=O) groups excluding carboxylic acids is 1. The van der Waals surface area contributed by atoms with Gasteiger partial charge in [-0.2, -0.15) is 0 Å². The average Bonchev–Trinajstić information content (AvgIpc) is 2.59. The number of hydrogen-bond acceptors (Lipinski definition) is 3. The van der Waals surface area contributed by atoms with E-state index < -0.39 is 0 Å². The van der Waals surface area contributed by atoms with E-state index in [9.17, 15) is 9.59 Å². The monoisotopic (exact) mass is 319 g/mol. The smallest absolute Gasteiger partial charge is 0.254 e. The molecular weight excluding hydrogens is 302 g/mol. The van der Waals surface area contributed by atoms with E-state index in [2.05, 4.69) is 10.3 Å². The number of amides is 1. The van der Waals surface area contributed by atoms with Crippen LogP contribution in [-0.2, 0) is 11.3 Å². The Morgan fingerprint density at radius 3 is 2.50 bits per heavy atom. The molecule has 1 amide bonds. The van der Waals surface area contributed by atoms with Crippen molar-refractivity contribution in [3.8, 4) is 11.3 Å². The Bertz CT molecular complexity index is 917. The predicted molar refractivity (Wildman–Crippen MR) is 93.7 cm³/mol. The fourth-order valence-electron chi connectivity index (χ4n) is 2.37. The molecule has 0 unspecified atom stereocenters. The summed E-state index contributed by atoms with van der Waals surface area (Å²) in [4.78, 5) is 28.6. The minimum absolute atomic E-state index is 0.0742. The minimum Gasteiger partial charge on any atom is -0.324 e. The number of para-hydroxylation sites is 1. The number of hydrogen-bond donors (Lipinski definition) is 1. The molecule has 2 aromatic carbocycles. The summed E-state index contributed by atoms with van der Waals surface area (Å²) < 4.78 is 1.29. The number of aromatic nitrogens is 2. The molecule has 3 aromatic rings. The Balaban J connectivity index is 1.75. The van der Waals surface area contributed by atoms with Gasteiger partial charge >= 0.3 is 0 Å². The summed E-state index contributed by atoms with van der Waals surface area (Å²) in [6.07, 6.45) is 1.40. The second kappa shape index (κ2) is 6.91. The van der Waals surface area contributed by atoms with Crippen molar-refractivity contribution in [3.63, 3.8) is 0 Å². The molecule has 24 heavy (non-hydrogen) atoms. The first-order valence-corrected chi connectivity index (χ1v) is 7.61. The Morgan fingerprint density at radius 2 is 1.79 bits per heavy atom. The highest BCUT2D eigenvalue weighted by Gasteiger charge is 2.08. The van der Waals surface area contributed by atoms with Crippen LogP contribution in [0.25, 0.3) is 11.3 Å². The van der Waals surface area contributed by atoms with Crippen LogP contribution in [0.5, 0.6) is 0 Å². The predicted octanol–water partition coefficient (Wildman–Crippen LogP) is 2.86. The molecular formula is C19H17N3O2. The summed E-state index contributed by atoms with van der Waals surface area (Å²) >= 11 is 0. The van der Waals surface area contributed by atoms with E-state index in [1.807, 2.05) is 61.5 Å². The molecule has 1 N–H and O–H groups in total. The lowest BCUT2D eigenvalue weighted by molar-refractivity contribution is -0.116. The van der Waals surface area contributed by atoms with Crippen LogP contribution in [-0.4, -0.2) is 15.5 Å². The molecule has 0 aliphatic heterocycles. The quantitative estimate of drug-likeness (QED) is 0.804. The number of rotatable bonds is 4. The molecule has 3 rings (SSSR count). The molecule has 0 saturated carbocycles. The van der Waals surface area contributed by atoms with Gasteiger partial charge in [-0.15, -0.1) is 0 Å². The largest absolute Gasteiger partial charge is 0.324 e. The second-order valence-electron chi connectivity index (χ2n) is 5.47. The number of nitrogens with one attached hydrogen (secondary N) is 1. The Hall–Kier alpha value is -3.21. The summed E-state index contributed by atoms with van der Waals surface area (Å²) in [6.45, 7) is 1.84. The van der Waals surface area contributed by atoms with Crippen molar-refractivity contribution in [2.45, 2.75) is 13.5 Å². The van der Waals surface area contributed by atoms with Gasteiger partial charge in [0.2, 0.25) is 5.91 Å². The molecule has 0 fully saturated rings. The lowest BCUT2D eigenvalue weighted by Gasteiger charge is -2.09. The highest BCUT2D eigenvalue weighted by Crippen LogP contribution is 2.14. The number of carbonyl (C=O) groups is 1. The minimum atomic E-state index is -0.263. The molecule has 0 aliphatic carbocycles. The molecule has 0 atom stereocenters. The van der Waals surface area contributed by atoms with Gasteiger partial charge in [-0.25, -0.2) is 4.98 Å². The van der Waals surface area contributed by atoms with Gasteiger partial charge in [0.25, 0.3) is 5.56 Å². The van der Waals surface area contributed by atoms with Crippen LogP contribution in [0.15, 0.2) is 71.8 Å². The lowest BCUT2D eigenvalue weighted by Crippen LogP contribution is -2.27. The van der Waals surface area contributed by atoms with E-state index >= 15 is 0 Å². The third kappa shape index (κ3) is 3.57. The van der Waals surface area contributed by atoms with Crippen molar-refractivity contribution < 1.29 is 4.79 Å². The van der Waals surface area contributed by atoms with Gasteiger partial charge in [0, 0.05) is 17.3 Å². The van der Waals surface area contributed by atoms with Crippen molar-refractivity contribution in [1.82, 2.24) is 9.55 Å². The van der Waals surface area contributed by atoms with Crippen molar-refractivity contribution in [2.75, 3.05) is 5.32 Å². The van der Waals surface area contributed by atoms with Gasteiger partial charge in [0.15, 0.2) is 0 Å². The first-order valence-electron chi connectivity index (χ1n) is 7.61. The maximum absolute atomic E-state index is 12.2. The average molecular weight is 319 g/mol. The summed E-state index contributed by atoms with van der Waals surface area (Å²) in [5.74, 6) is -0.263. The molecule has 0 aliphatic rings. The Kier molecular flexibility index (Phi) is 4.52. The lowest BCUT2D eigenvalue weighted by atomic mass is 10.1. The van der Waals surface area contributed by atoms with Gasteiger partial charge in [0.1, 0.15) is 6.54 Å². The van der Waals surface area contributed by atoms with Crippen molar-refractivity contribution in [3.05, 3.63) is 82.9 Å². The maximum atomic E-state index is 12.2. The Morgan fingerprint density at radius 1 is 1.08 bits per heavy atom. The summed E-state index contributed by atoms with van der Waals surface area (Å²) in [6, 6.07) is 18.4. The van der Waals surface area contributed by atoms with E-state index in [0.717, 1.165) is 16.8 Å². The van der Waals surface area contributed by atoms with Gasteiger partial charge in [-0.05, 0) is 18.6 Å². The van der Waals surface area contributed by atoms with Gasteiger partial charge in [0.05, 0.1) is 12.0 Å². The zero-order valence-electron chi connectivity index (χ0n) is 13.3. The SMILES string of the molecule is Cc1ccccc1NC(=O)Cn1cnc(-c2ccccc2)cc1=O. The van der Waals surface area contributed by atoms with Crippen LogP contribution in [0.2, 0.25) is 0 Å². The number of aryl methyl sites for hydroxylation is 1. The first-order chi connectivity index (χ1) is 11.6. The number of benzene rings is 2. The van der Waals surface area contributed by atoms with E-state index in [1.54, 1.807) is 0 Å². The summed E-state index contributed by atoms with van der Waals surface area (Å²) in [7, 11) is 0. The molecule has 0 radical (unpaired) electrons. The normalized spacial score (nSPS) is 10.4. The highest BCUT2D eigenvalue weighted by atomic mass is 16.2. The number of nitrogens with zero attached hydrogens (tertiary/aromatic N) is 2. The van der Waals surface area contributed by atoms with Gasteiger partial charge in [-0.1, -0.05) is 48.5 Å². The topological polar surface area (TPSA) is 64.0 Å². The Labute approximate surface area is 139 Å². The van der Waals surface area contributed by atoms with Crippen LogP contribution >= 0.6 is 0 Å². The molecule has 1 heterocycles. The standard InChI is InChI=1S/C19H17N3O2/c1-14-7-5-6-10-16(14)21-18(23)12-22-13-20-17(11-19(22)24)15-8-3-2-4-9-15/h2-11,13H,12H2,1H3,(H,21,23). The van der Waals surface area contributed by atoms with E-state index in [0.29, 0.717) is 5.69 Å². The molecule has 5 heteroatoms. The molecule has 0 bridgehead atoms. The van der Waals surface area contributed by atoms with Crippen molar-refractivity contribution in [2.24, 2.45) is 0 Å². The van der Waals surface area contributed by atoms with Crippen LogP contribution < -0.4 is 10.9 Å². The zero-order chi connectivity index (χ0) is 16.9. The van der Waals surface area contributed by atoms with Crippen LogP contribution in [0.3, 0.4) is 0 Å². The highest BCUT2D eigenvalue weighted by molar-refractivity contribution is 5.91. The summed E-state index contributed by atoms with van der Waals surface area (Å²) in [5.41, 5.74) is 2.91. The van der Waals surface area contributed by atoms with Gasteiger partial charge in [-0.3, -0.25) is 14.2 Å². The van der Waals surface area contributed by atoms with Crippen LogP contribution in [0.1, 0.15) is 5.56 Å². The van der Waals surface area contributed by atoms with Crippen molar-refractivity contribution in [1.29, 1.82) is 0 Å². The van der Waals surface area contributed by atoms with Gasteiger partial charge < -0.3 is 5.32 Å². The zero-order valence-corrected chi connectivity index (χ0v) is 13.3. The molecule has 1 aromatic heterocycles. The number of anilines is 1. The molecule has 0 saturated heterocycles. The fourth-order valence-corrected chi connectivity index (χ4v) is 2.37. The van der Waals surface area contributed by atoms with E-state index in [1.165, 1.54) is 17.0 Å². The van der Waals surface area contributed by atoms with Crippen LogP contribution in [0, 0.1) is 6.92 Å². The second-order valence-corrected chi connectivity index (χ2v) is 5.47. The fraction of sp³-hybridized carbons (Fsp3) is 0.105. The molecule has 120 valence electrons. The van der Waals surface area contributed by atoms with E-state index in [-0.39, 0.29) is 18.0 Å².